The largest absolute Gasteiger partial charge is 0.339 e. The van der Waals surface area contributed by atoms with E-state index in [1.54, 1.807) is 41.3 Å². The number of anilines is 3. The first-order valence-corrected chi connectivity index (χ1v) is 9.16. The number of Topliss-reactive ketones (excluding diaryl/α,β-unsaturated/α-hetero) is 1. The number of amides is 1. The maximum atomic E-state index is 13.0. The Morgan fingerprint density at radius 3 is 2.43 bits per heavy atom. The lowest BCUT2D eigenvalue weighted by atomic mass is 10.1. The Bertz CT molecular complexity index is 1030. The van der Waals surface area contributed by atoms with Crippen molar-refractivity contribution >= 4 is 28.9 Å². The maximum absolute atomic E-state index is 13.0. The first-order valence-electron chi connectivity index (χ1n) is 9.16. The van der Waals surface area contributed by atoms with Crippen molar-refractivity contribution < 1.29 is 9.59 Å². The van der Waals surface area contributed by atoms with Crippen LogP contribution in [0.3, 0.4) is 0 Å². The Morgan fingerprint density at radius 2 is 1.75 bits per heavy atom. The first kappa shape index (κ1) is 17.9. The Morgan fingerprint density at radius 1 is 1.00 bits per heavy atom. The van der Waals surface area contributed by atoms with Gasteiger partial charge in [-0.15, -0.1) is 10.2 Å². The van der Waals surface area contributed by atoms with Crippen molar-refractivity contribution in [2.24, 2.45) is 0 Å². The van der Waals surface area contributed by atoms with Crippen LogP contribution in [0, 0.1) is 0 Å². The summed E-state index contributed by atoms with van der Waals surface area (Å²) in [5.41, 5.74) is 3.86. The fourth-order valence-corrected chi connectivity index (χ4v) is 3.45. The number of carbonyl (C=O) groups is 2. The lowest BCUT2D eigenvalue weighted by Crippen LogP contribution is -2.36. The van der Waals surface area contributed by atoms with E-state index in [2.05, 4.69) is 21.6 Å². The van der Waals surface area contributed by atoms with E-state index in [-0.39, 0.29) is 17.7 Å². The number of hydrogen-bond acceptors (Lipinski definition) is 5. The summed E-state index contributed by atoms with van der Waals surface area (Å²) in [5.74, 6) is 0.399. The summed E-state index contributed by atoms with van der Waals surface area (Å²) in [7, 11) is 0. The average Bonchev–Trinajstić information content (AvgIpc) is 3.04. The van der Waals surface area contributed by atoms with Gasteiger partial charge >= 0.3 is 0 Å². The summed E-state index contributed by atoms with van der Waals surface area (Å²) in [6, 6.07) is 18.5. The van der Waals surface area contributed by atoms with Gasteiger partial charge in [-0.1, -0.05) is 18.2 Å². The van der Waals surface area contributed by atoms with E-state index in [0.29, 0.717) is 17.1 Å². The SMILES string of the molecule is CC(=O)c1ccc(Nc2ccc(C(=O)N3c4ccccc4CC3C)nn2)cc1. The minimum Gasteiger partial charge on any atom is -0.339 e. The number of benzene rings is 2. The molecule has 2 heterocycles. The fourth-order valence-electron chi connectivity index (χ4n) is 3.45. The highest BCUT2D eigenvalue weighted by molar-refractivity contribution is 6.06. The molecule has 28 heavy (non-hydrogen) atoms. The highest BCUT2D eigenvalue weighted by Gasteiger charge is 2.31. The lowest BCUT2D eigenvalue weighted by molar-refractivity contribution is 0.0974. The van der Waals surface area contributed by atoms with Crippen LogP contribution in [0.1, 0.15) is 40.3 Å². The highest BCUT2D eigenvalue weighted by atomic mass is 16.2. The predicted molar refractivity (Wildman–Crippen MR) is 108 cm³/mol. The van der Waals surface area contributed by atoms with Crippen LogP contribution < -0.4 is 10.2 Å². The molecule has 3 aromatic rings. The highest BCUT2D eigenvalue weighted by Crippen LogP contribution is 2.32. The van der Waals surface area contributed by atoms with Crippen molar-refractivity contribution in [2.45, 2.75) is 26.3 Å². The number of carbonyl (C=O) groups excluding carboxylic acids is 2. The summed E-state index contributed by atoms with van der Waals surface area (Å²) in [5, 5.41) is 11.4. The van der Waals surface area contributed by atoms with Crippen LogP contribution in [0.5, 0.6) is 0 Å². The summed E-state index contributed by atoms with van der Waals surface area (Å²) < 4.78 is 0. The van der Waals surface area contributed by atoms with Crippen LogP contribution >= 0.6 is 0 Å². The molecule has 0 saturated heterocycles. The van der Waals surface area contributed by atoms with Gasteiger partial charge in [0.05, 0.1) is 0 Å². The van der Waals surface area contributed by atoms with E-state index in [1.165, 1.54) is 12.5 Å². The van der Waals surface area contributed by atoms with E-state index in [9.17, 15) is 9.59 Å². The minimum atomic E-state index is -0.151. The molecule has 0 spiro atoms. The van der Waals surface area contributed by atoms with Gasteiger partial charge in [0.25, 0.3) is 5.91 Å². The molecule has 0 saturated carbocycles. The second-order valence-corrected chi connectivity index (χ2v) is 6.92. The zero-order chi connectivity index (χ0) is 19.7. The summed E-state index contributed by atoms with van der Waals surface area (Å²) in [6.45, 7) is 3.56. The van der Waals surface area contributed by atoms with Crippen LogP contribution in [-0.2, 0) is 6.42 Å². The fraction of sp³-hybridized carbons (Fsp3) is 0.182. The van der Waals surface area contributed by atoms with Crippen molar-refractivity contribution in [3.8, 4) is 0 Å². The number of aromatic nitrogens is 2. The molecule has 0 radical (unpaired) electrons. The molecule has 2 aromatic carbocycles. The van der Waals surface area contributed by atoms with Crippen molar-refractivity contribution in [1.29, 1.82) is 0 Å². The average molecular weight is 372 g/mol. The number of nitrogens with zero attached hydrogens (tertiary/aromatic N) is 3. The Hall–Kier alpha value is -3.54. The molecule has 0 fully saturated rings. The molecule has 1 N–H and O–H groups in total. The Kier molecular flexibility index (Phi) is 4.61. The maximum Gasteiger partial charge on any atom is 0.279 e. The molecule has 1 aromatic heterocycles. The standard InChI is InChI=1S/C22H20N4O2/c1-14-13-17-5-3-4-6-20(17)26(14)22(28)19-11-12-21(25-24-19)23-18-9-7-16(8-10-18)15(2)27/h3-12,14H,13H2,1-2H3,(H,23,25). The van der Waals surface area contributed by atoms with Gasteiger partial charge < -0.3 is 10.2 Å². The molecule has 6 heteroatoms. The summed E-state index contributed by atoms with van der Waals surface area (Å²) in [6.07, 6.45) is 0.839. The number of para-hydroxylation sites is 1. The molecule has 1 amide bonds. The van der Waals surface area contributed by atoms with Gasteiger partial charge in [0.2, 0.25) is 0 Å². The molecule has 1 aliphatic rings. The van der Waals surface area contributed by atoms with Gasteiger partial charge in [0.15, 0.2) is 17.3 Å². The molecular weight excluding hydrogens is 352 g/mol. The monoisotopic (exact) mass is 372 g/mol. The van der Waals surface area contributed by atoms with E-state index in [0.717, 1.165) is 17.8 Å². The van der Waals surface area contributed by atoms with Crippen molar-refractivity contribution in [3.63, 3.8) is 0 Å². The molecule has 0 bridgehead atoms. The Balaban J connectivity index is 1.50. The molecule has 6 nitrogen and oxygen atoms in total. The minimum absolute atomic E-state index is 0.0203. The summed E-state index contributed by atoms with van der Waals surface area (Å²) >= 11 is 0. The van der Waals surface area contributed by atoms with Gasteiger partial charge in [-0.25, -0.2) is 0 Å². The number of fused-ring (bicyclic) bond motifs is 1. The van der Waals surface area contributed by atoms with Gasteiger partial charge in [0, 0.05) is 23.0 Å². The second-order valence-electron chi connectivity index (χ2n) is 6.92. The van der Waals surface area contributed by atoms with Gasteiger partial charge in [-0.2, -0.15) is 0 Å². The third-order valence-corrected chi connectivity index (χ3v) is 4.87. The summed E-state index contributed by atoms with van der Waals surface area (Å²) in [4.78, 5) is 26.1. The van der Waals surface area contributed by atoms with Crippen molar-refractivity contribution in [1.82, 2.24) is 10.2 Å². The number of ketones is 1. The third kappa shape index (κ3) is 3.36. The van der Waals surface area contributed by atoms with E-state index < -0.39 is 0 Å². The smallest absolute Gasteiger partial charge is 0.279 e. The predicted octanol–water partition coefficient (Wildman–Crippen LogP) is 4.01. The quantitative estimate of drug-likeness (QED) is 0.700. The van der Waals surface area contributed by atoms with Gasteiger partial charge in [-0.3, -0.25) is 9.59 Å². The number of rotatable bonds is 4. The molecule has 1 unspecified atom stereocenters. The molecule has 0 aliphatic carbocycles. The van der Waals surface area contributed by atoms with Crippen molar-refractivity contribution in [2.75, 3.05) is 10.2 Å². The number of nitrogens with one attached hydrogen (secondary N) is 1. The molecule has 1 aliphatic heterocycles. The zero-order valence-corrected chi connectivity index (χ0v) is 15.7. The van der Waals surface area contributed by atoms with E-state index >= 15 is 0 Å². The van der Waals surface area contributed by atoms with Crippen molar-refractivity contribution in [3.05, 3.63) is 77.5 Å². The first-order chi connectivity index (χ1) is 13.5. The molecule has 1 atom stereocenters. The normalized spacial score (nSPS) is 15.2. The molecular formula is C22H20N4O2. The zero-order valence-electron chi connectivity index (χ0n) is 15.7. The second kappa shape index (κ2) is 7.23. The van der Waals surface area contributed by atoms with Crippen LogP contribution in [0.2, 0.25) is 0 Å². The van der Waals surface area contributed by atoms with Crippen LogP contribution in [0.4, 0.5) is 17.2 Å². The van der Waals surface area contributed by atoms with E-state index in [4.69, 9.17) is 0 Å². The number of hydrogen-bond donors (Lipinski definition) is 1. The van der Waals surface area contributed by atoms with Gasteiger partial charge in [0.1, 0.15) is 0 Å². The van der Waals surface area contributed by atoms with E-state index in [1.807, 2.05) is 25.1 Å². The topological polar surface area (TPSA) is 75.2 Å². The Labute approximate surface area is 163 Å². The lowest BCUT2D eigenvalue weighted by Gasteiger charge is -2.22. The molecule has 140 valence electrons. The van der Waals surface area contributed by atoms with Gasteiger partial charge in [-0.05, 0) is 68.3 Å². The van der Waals surface area contributed by atoms with Crippen LogP contribution in [0.15, 0.2) is 60.7 Å². The third-order valence-electron chi connectivity index (χ3n) is 4.87. The van der Waals surface area contributed by atoms with Crippen LogP contribution in [0.25, 0.3) is 0 Å². The van der Waals surface area contributed by atoms with Crippen LogP contribution in [-0.4, -0.2) is 27.9 Å². The molecule has 4 rings (SSSR count).